The molecule has 0 aliphatic carbocycles. The van der Waals surface area contributed by atoms with E-state index in [9.17, 15) is 9.90 Å². The summed E-state index contributed by atoms with van der Waals surface area (Å²) in [6.45, 7) is 4.97. The second-order valence-corrected chi connectivity index (χ2v) is 9.30. The fraction of sp³-hybridized carbons (Fsp3) is 0.667. The van der Waals surface area contributed by atoms with Crippen molar-refractivity contribution in [3.05, 3.63) is 41.4 Å². The Balaban J connectivity index is 0.000000953. The zero-order valence-electron chi connectivity index (χ0n) is 20.7. The maximum Gasteiger partial charge on any atom is 0.341 e. The predicted octanol–water partition coefficient (Wildman–Crippen LogP) is 8.20. The Kier molecular flexibility index (Phi) is 18.2. The van der Waals surface area contributed by atoms with Gasteiger partial charge in [-0.25, -0.2) is 4.79 Å². The molecule has 1 atom stereocenters. The summed E-state index contributed by atoms with van der Waals surface area (Å²) in [6.07, 6.45) is 19.8. The fourth-order valence-electron chi connectivity index (χ4n) is 3.89. The number of carbonyl (C=O) groups excluding carboxylic acids is 1. The highest BCUT2D eigenvalue weighted by Crippen LogP contribution is 2.24. The molecule has 0 fully saturated rings. The first-order valence-electron chi connectivity index (χ1n) is 12.8. The molecule has 1 unspecified atom stereocenters. The van der Waals surface area contributed by atoms with Crippen LogP contribution in [0.25, 0.3) is 0 Å². The quantitative estimate of drug-likeness (QED) is 0.184. The van der Waals surface area contributed by atoms with Crippen LogP contribution >= 0.6 is 11.5 Å². The van der Waals surface area contributed by atoms with Gasteiger partial charge in [-0.1, -0.05) is 108 Å². The van der Waals surface area contributed by atoms with Crippen LogP contribution in [-0.4, -0.2) is 27.3 Å². The number of benzene rings is 1. The number of esters is 1. The molecule has 0 saturated carbocycles. The van der Waals surface area contributed by atoms with Gasteiger partial charge in [0.1, 0.15) is 11.3 Å². The third-order valence-electron chi connectivity index (χ3n) is 5.83. The van der Waals surface area contributed by atoms with Crippen LogP contribution in [0.15, 0.2) is 35.8 Å². The number of unbranched alkanes of at least 4 members (excludes halogenated alkanes) is 8. The van der Waals surface area contributed by atoms with Gasteiger partial charge in [-0.15, -0.1) is 5.10 Å². The molecule has 0 aliphatic rings. The van der Waals surface area contributed by atoms with Gasteiger partial charge in [0.25, 0.3) is 0 Å². The molecule has 0 saturated heterocycles. The van der Waals surface area contributed by atoms with Crippen LogP contribution in [0.1, 0.15) is 114 Å². The Bertz CT molecular complexity index is 677. The van der Waals surface area contributed by atoms with Gasteiger partial charge in [-0.05, 0) is 42.4 Å². The van der Waals surface area contributed by atoms with E-state index < -0.39 is 5.97 Å². The number of hydrogen-bond donors (Lipinski definition) is 1. The third kappa shape index (κ3) is 15.5. The maximum atomic E-state index is 12.0. The number of para-hydroxylation sites is 1. The molecule has 2 rings (SSSR count). The Labute approximate surface area is 205 Å². The lowest BCUT2D eigenvalue weighted by Crippen LogP contribution is -2.07. The van der Waals surface area contributed by atoms with Crippen LogP contribution in [0.4, 0.5) is 0 Å². The summed E-state index contributed by atoms with van der Waals surface area (Å²) >= 11 is 1.35. The Morgan fingerprint density at radius 3 is 2.12 bits per heavy atom. The molecule has 0 spiro atoms. The molecule has 6 heteroatoms. The summed E-state index contributed by atoms with van der Waals surface area (Å²) in [4.78, 5) is 12.0. The monoisotopic (exact) mass is 476 g/mol. The maximum absolute atomic E-state index is 12.0. The molecular weight excluding hydrogens is 432 g/mol. The minimum Gasteiger partial charge on any atom is -0.507 e. The molecule has 1 heterocycles. The molecule has 0 aliphatic heterocycles. The van der Waals surface area contributed by atoms with E-state index in [2.05, 4.69) is 23.4 Å². The molecule has 33 heavy (non-hydrogen) atoms. The van der Waals surface area contributed by atoms with Crippen LogP contribution in [-0.2, 0) is 4.74 Å². The Hall–Kier alpha value is -1.95. The fourth-order valence-corrected chi connectivity index (χ4v) is 4.16. The van der Waals surface area contributed by atoms with Gasteiger partial charge in [-0.2, -0.15) is 0 Å². The van der Waals surface area contributed by atoms with Crippen molar-refractivity contribution in [3.63, 3.8) is 0 Å². The smallest absolute Gasteiger partial charge is 0.341 e. The molecule has 2 aromatic rings. The average molecular weight is 477 g/mol. The number of aromatic nitrogens is 2. The van der Waals surface area contributed by atoms with Crippen molar-refractivity contribution in [3.8, 4) is 5.75 Å². The number of phenolic OH excluding ortho intramolecular Hbond substituents is 1. The van der Waals surface area contributed by atoms with E-state index in [0.717, 1.165) is 18.8 Å². The van der Waals surface area contributed by atoms with Gasteiger partial charge in [0.15, 0.2) is 0 Å². The summed E-state index contributed by atoms with van der Waals surface area (Å²) in [7, 11) is 0. The van der Waals surface area contributed by atoms with Gasteiger partial charge in [0, 0.05) is 5.38 Å². The number of nitrogens with zero attached hydrogens (tertiary/aromatic N) is 2. The van der Waals surface area contributed by atoms with Crippen LogP contribution in [0.3, 0.4) is 0 Å². The number of rotatable bonds is 17. The Morgan fingerprint density at radius 2 is 1.52 bits per heavy atom. The Morgan fingerprint density at radius 1 is 0.909 bits per heavy atom. The lowest BCUT2D eigenvalue weighted by molar-refractivity contribution is 0.0493. The average Bonchev–Trinajstić information content (AvgIpc) is 3.41. The van der Waals surface area contributed by atoms with Crippen LogP contribution in [0, 0.1) is 5.92 Å². The lowest BCUT2D eigenvalue weighted by atomic mass is 9.90. The normalized spacial score (nSPS) is 11.5. The molecule has 0 bridgehead atoms. The zero-order chi connectivity index (χ0) is 24.0. The number of ether oxygens (including phenoxy) is 1. The molecule has 1 aromatic heterocycles. The van der Waals surface area contributed by atoms with Gasteiger partial charge < -0.3 is 9.84 Å². The van der Waals surface area contributed by atoms with Crippen molar-refractivity contribution in [2.24, 2.45) is 5.92 Å². The SMILES string of the molecule is CCCCCCCCC(CCCCC)CCCCOC(=O)c1ccccc1O.c1csnn1. The van der Waals surface area contributed by atoms with Gasteiger partial charge in [-0.3, -0.25) is 0 Å². The van der Waals surface area contributed by atoms with Crippen molar-refractivity contribution in [1.29, 1.82) is 0 Å². The second-order valence-electron chi connectivity index (χ2n) is 8.65. The number of aromatic hydroxyl groups is 1. The summed E-state index contributed by atoms with van der Waals surface area (Å²) in [6, 6.07) is 6.55. The molecule has 0 amide bonds. The molecular formula is C27H44N2O3S. The van der Waals surface area contributed by atoms with Crippen molar-refractivity contribution < 1.29 is 14.6 Å². The minimum absolute atomic E-state index is 0.0116. The second kappa shape index (κ2) is 20.6. The number of hydrogen-bond acceptors (Lipinski definition) is 6. The summed E-state index contributed by atoms with van der Waals surface area (Å²) < 4.78 is 8.84. The van der Waals surface area contributed by atoms with Crippen LogP contribution in [0.5, 0.6) is 5.75 Å². The van der Waals surface area contributed by atoms with E-state index in [4.69, 9.17) is 4.74 Å². The number of carbonyl (C=O) groups is 1. The van der Waals surface area contributed by atoms with Gasteiger partial charge in [0.05, 0.1) is 12.8 Å². The van der Waals surface area contributed by atoms with Crippen LogP contribution in [0.2, 0.25) is 0 Å². The van der Waals surface area contributed by atoms with E-state index in [-0.39, 0.29) is 11.3 Å². The lowest BCUT2D eigenvalue weighted by Gasteiger charge is -2.17. The van der Waals surface area contributed by atoms with Gasteiger partial charge >= 0.3 is 5.97 Å². The molecule has 5 nitrogen and oxygen atoms in total. The number of phenols is 1. The molecule has 1 aromatic carbocycles. The van der Waals surface area contributed by atoms with E-state index in [1.807, 2.05) is 5.38 Å². The summed E-state index contributed by atoms with van der Waals surface area (Å²) in [5.41, 5.74) is 0.253. The largest absolute Gasteiger partial charge is 0.507 e. The van der Waals surface area contributed by atoms with E-state index in [1.165, 1.54) is 94.6 Å². The van der Waals surface area contributed by atoms with E-state index >= 15 is 0 Å². The molecule has 1 N–H and O–H groups in total. The van der Waals surface area contributed by atoms with Gasteiger partial charge in [0.2, 0.25) is 0 Å². The highest BCUT2D eigenvalue weighted by Gasteiger charge is 2.12. The minimum atomic E-state index is -0.426. The summed E-state index contributed by atoms with van der Waals surface area (Å²) in [5.74, 6) is 0.388. The van der Waals surface area contributed by atoms with E-state index in [1.54, 1.807) is 24.4 Å². The molecule has 186 valence electrons. The first-order chi connectivity index (χ1) is 16.2. The van der Waals surface area contributed by atoms with Crippen molar-refractivity contribution in [2.45, 2.75) is 104 Å². The zero-order valence-corrected chi connectivity index (χ0v) is 21.5. The third-order valence-corrected chi connectivity index (χ3v) is 6.26. The topological polar surface area (TPSA) is 72.3 Å². The van der Waals surface area contributed by atoms with E-state index in [0.29, 0.717) is 6.61 Å². The standard InChI is InChI=1S/C25H42O3.C2H2N2S/c1-3-5-7-8-9-11-17-22(16-10-6-4-2)18-14-15-21-28-25(27)23-19-12-13-20-24(23)26;1-2-5-4-3-1/h12-13,19-20,22,26H,3-11,14-18,21H2,1-2H3;1-2H. The highest BCUT2D eigenvalue weighted by atomic mass is 32.1. The van der Waals surface area contributed by atoms with Crippen molar-refractivity contribution in [2.75, 3.05) is 6.61 Å². The first kappa shape index (κ1) is 29.1. The summed E-state index contributed by atoms with van der Waals surface area (Å²) in [5, 5.41) is 15.0. The van der Waals surface area contributed by atoms with Crippen molar-refractivity contribution >= 4 is 17.5 Å². The van der Waals surface area contributed by atoms with Crippen molar-refractivity contribution in [1.82, 2.24) is 9.59 Å². The first-order valence-corrected chi connectivity index (χ1v) is 13.7. The predicted molar refractivity (Wildman–Crippen MR) is 138 cm³/mol. The molecule has 0 radical (unpaired) electrons. The highest BCUT2D eigenvalue weighted by molar-refractivity contribution is 7.03. The van der Waals surface area contributed by atoms with Crippen LogP contribution < -0.4 is 0 Å².